The highest BCUT2D eigenvalue weighted by Gasteiger charge is 2.32. The minimum Gasteiger partial charge on any atom is -0.325 e. The Kier molecular flexibility index (Phi) is 3.89. The highest BCUT2D eigenvalue weighted by molar-refractivity contribution is 8.00. The van der Waals surface area contributed by atoms with Crippen LogP contribution in [0.5, 0.6) is 0 Å². The number of rotatable bonds is 4. The van der Waals surface area contributed by atoms with E-state index in [9.17, 15) is 4.79 Å². The third-order valence-electron chi connectivity index (χ3n) is 2.58. The lowest BCUT2D eigenvalue weighted by atomic mass is 10.3. The van der Waals surface area contributed by atoms with E-state index in [1.165, 1.54) is 5.56 Å². The number of carbonyl (C=O) groups excluding carboxylic acids is 1. The molecular weight excluding hydrogens is 240 g/mol. The molecule has 2 rings (SSSR count). The Morgan fingerprint density at radius 1 is 1.56 bits per heavy atom. The normalized spacial score (nSPS) is 21.1. The van der Waals surface area contributed by atoms with Gasteiger partial charge < -0.3 is 9.80 Å². The van der Waals surface area contributed by atoms with Crippen LogP contribution in [-0.2, 0) is 4.79 Å². The van der Waals surface area contributed by atoms with Crippen molar-refractivity contribution in [1.29, 1.82) is 0 Å². The summed E-state index contributed by atoms with van der Waals surface area (Å²) in [5.74, 6) is 0.886. The van der Waals surface area contributed by atoms with Crippen LogP contribution in [0.2, 0.25) is 0 Å². The molecule has 0 aromatic carbocycles. The molecule has 0 aliphatic carbocycles. The SMILES string of the molecule is CN(C)CCN1C(=O)CSC1c1ccsc1. The second kappa shape index (κ2) is 5.21. The molecule has 0 bridgehead atoms. The van der Waals surface area contributed by atoms with Crippen LogP contribution in [-0.4, -0.2) is 48.6 Å². The Morgan fingerprint density at radius 3 is 3.00 bits per heavy atom. The molecule has 1 fully saturated rings. The van der Waals surface area contributed by atoms with E-state index >= 15 is 0 Å². The summed E-state index contributed by atoms with van der Waals surface area (Å²) in [5.41, 5.74) is 1.26. The molecule has 2 heterocycles. The minimum absolute atomic E-state index is 0.235. The number of thioether (sulfide) groups is 1. The monoisotopic (exact) mass is 256 g/mol. The molecule has 1 aliphatic rings. The number of likely N-dealkylation sites (N-methyl/N-ethyl adjacent to an activating group) is 1. The zero-order chi connectivity index (χ0) is 11.5. The summed E-state index contributed by atoms with van der Waals surface area (Å²) in [6.07, 6.45) is 0. The molecule has 1 amide bonds. The lowest BCUT2D eigenvalue weighted by Gasteiger charge is -2.24. The molecule has 1 saturated heterocycles. The maximum absolute atomic E-state index is 11.8. The smallest absolute Gasteiger partial charge is 0.233 e. The lowest BCUT2D eigenvalue weighted by molar-refractivity contribution is -0.128. The Labute approximate surface area is 104 Å². The first-order valence-corrected chi connectivity index (χ1v) is 7.25. The van der Waals surface area contributed by atoms with Gasteiger partial charge in [-0.15, -0.1) is 11.8 Å². The molecule has 0 spiro atoms. The van der Waals surface area contributed by atoms with Gasteiger partial charge in [0.25, 0.3) is 0 Å². The van der Waals surface area contributed by atoms with Gasteiger partial charge in [-0.3, -0.25) is 4.79 Å². The van der Waals surface area contributed by atoms with Crippen LogP contribution in [0.15, 0.2) is 16.8 Å². The second-order valence-corrected chi connectivity index (χ2v) is 5.96. The number of carbonyl (C=O) groups is 1. The molecule has 1 unspecified atom stereocenters. The maximum Gasteiger partial charge on any atom is 0.233 e. The van der Waals surface area contributed by atoms with Crippen LogP contribution in [0.25, 0.3) is 0 Å². The van der Waals surface area contributed by atoms with Gasteiger partial charge in [-0.05, 0) is 36.5 Å². The van der Waals surface area contributed by atoms with Crippen molar-refractivity contribution in [2.24, 2.45) is 0 Å². The molecule has 1 aromatic rings. The molecule has 16 heavy (non-hydrogen) atoms. The molecular formula is C11H16N2OS2. The molecule has 1 atom stereocenters. The highest BCUT2D eigenvalue weighted by Crippen LogP contribution is 2.38. The first kappa shape index (κ1) is 12.0. The third-order valence-corrected chi connectivity index (χ3v) is 4.54. The van der Waals surface area contributed by atoms with Crippen molar-refractivity contribution in [2.75, 3.05) is 32.9 Å². The van der Waals surface area contributed by atoms with E-state index in [1.54, 1.807) is 23.1 Å². The van der Waals surface area contributed by atoms with Gasteiger partial charge >= 0.3 is 0 Å². The Morgan fingerprint density at radius 2 is 2.38 bits per heavy atom. The van der Waals surface area contributed by atoms with Crippen molar-refractivity contribution < 1.29 is 4.79 Å². The lowest BCUT2D eigenvalue weighted by Crippen LogP contribution is -2.34. The Balaban J connectivity index is 2.04. The first-order chi connectivity index (χ1) is 7.68. The van der Waals surface area contributed by atoms with E-state index in [0.29, 0.717) is 5.75 Å². The average Bonchev–Trinajstić information content (AvgIpc) is 2.83. The quantitative estimate of drug-likeness (QED) is 0.822. The summed E-state index contributed by atoms with van der Waals surface area (Å²) in [6, 6.07) is 2.11. The van der Waals surface area contributed by atoms with Crippen molar-refractivity contribution in [1.82, 2.24) is 9.80 Å². The van der Waals surface area contributed by atoms with Gasteiger partial charge in [-0.1, -0.05) is 0 Å². The Hall–Kier alpha value is -0.520. The summed E-state index contributed by atoms with van der Waals surface area (Å²) < 4.78 is 0. The summed E-state index contributed by atoms with van der Waals surface area (Å²) in [7, 11) is 4.07. The van der Waals surface area contributed by atoms with Crippen LogP contribution in [0.4, 0.5) is 0 Å². The van der Waals surface area contributed by atoms with Gasteiger partial charge in [0.05, 0.1) is 5.75 Å². The number of hydrogen-bond donors (Lipinski definition) is 0. The van der Waals surface area contributed by atoms with E-state index in [-0.39, 0.29) is 11.3 Å². The van der Waals surface area contributed by atoms with Crippen molar-refractivity contribution in [2.45, 2.75) is 5.37 Å². The van der Waals surface area contributed by atoms with Gasteiger partial charge in [-0.2, -0.15) is 11.3 Å². The van der Waals surface area contributed by atoms with Crippen LogP contribution in [0, 0.1) is 0 Å². The fraction of sp³-hybridized carbons (Fsp3) is 0.545. The first-order valence-electron chi connectivity index (χ1n) is 5.26. The minimum atomic E-state index is 0.235. The predicted molar refractivity (Wildman–Crippen MR) is 69.8 cm³/mol. The molecule has 88 valence electrons. The van der Waals surface area contributed by atoms with E-state index in [0.717, 1.165) is 13.1 Å². The van der Waals surface area contributed by atoms with Gasteiger partial charge in [-0.25, -0.2) is 0 Å². The summed E-state index contributed by atoms with van der Waals surface area (Å²) in [5, 5.41) is 4.44. The maximum atomic E-state index is 11.8. The van der Waals surface area contributed by atoms with Crippen molar-refractivity contribution in [3.05, 3.63) is 22.4 Å². The van der Waals surface area contributed by atoms with Crippen molar-refractivity contribution in [3.63, 3.8) is 0 Å². The summed E-state index contributed by atoms with van der Waals surface area (Å²) in [6.45, 7) is 1.74. The number of thiophene rings is 1. The zero-order valence-corrected chi connectivity index (χ0v) is 11.2. The average molecular weight is 256 g/mol. The molecule has 0 saturated carbocycles. The molecule has 1 aromatic heterocycles. The molecule has 5 heteroatoms. The van der Waals surface area contributed by atoms with Gasteiger partial charge in [0.1, 0.15) is 5.37 Å². The predicted octanol–water partition coefficient (Wildman–Crippen LogP) is 1.88. The zero-order valence-electron chi connectivity index (χ0n) is 9.55. The molecule has 0 N–H and O–H groups in total. The molecule has 0 radical (unpaired) electrons. The standard InChI is InChI=1S/C11H16N2OS2/c1-12(2)4-5-13-10(14)8-16-11(13)9-3-6-15-7-9/h3,6-7,11H,4-5,8H2,1-2H3. The van der Waals surface area contributed by atoms with Gasteiger partial charge in [0, 0.05) is 13.1 Å². The van der Waals surface area contributed by atoms with Crippen LogP contribution in [0.3, 0.4) is 0 Å². The fourth-order valence-corrected chi connectivity index (χ4v) is 3.67. The van der Waals surface area contributed by atoms with Crippen LogP contribution >= 0.6 is 23.1 Å². The van der Waals surface area contributed by atoms with Gasteiger partial charge in [0.15, 0.2) is 0 Å². The van der Waals surface area contributed by atoms with E-state index in [2.05, 4.69) is 21.7 Å². The summed E-state index contributed by atoms with van der Waals surface area (Å²) in [4.78, 5) is 15.9. The summed E-state index contributed by atoms with van der Waals surface area (Å²) >= 11 is 3.42. The van der Waals surface area contributed by atoms with Gasteiger partial charge in [0.2, 0.25) is 5.91 Å². The van der Waals surface area contributed by atoms with E-state index < -0.39 is 0 Å². The van der Waals surface area contributed by atoms with Crippen LogP contribution < -0.4 is 0 Å². The molecule has 1 aliphatic heterocycles. The third kappa shape index (κ3) is 2.59. The molecule has 3 nitrogen and oxygen atoms in total. The van der Waals surface area contributed by atoms with Crippen molar-refractivity contribution in [3.8, 4) is 0 Å². The van der Waals surface area contributed by atoms with E-state index in [4.69, 9.17) is 0 Å². The largest absolute Gasteiger partial charge is 0.325 e. The topological polar surface area (TPSA) is 23.6 Å². The second-order valence-electron chi connectivity index (χ2n) is 4.11. The number of nitrogens with zero attached hydrogens (tertiary/aromatic N) is 2. The van der Waals surface area contributed by atoms with E-state index in [1.807, 2.05) is 19.0 Å². The number of hydrogen-bond acceptors (Lipinski definition) is 4. The fourth-order valence-electron chi connectivity index (χ4n) is 1.70. The highest BCUT2D eigenvalue weighted by atomic mass is 32.2. The van der Waals surface area contributed by atoms with Crippen LogP contribution in [0.1, 0.15) is 10.9 Å². The van der Waals surface area contributed by atoms with Crippen molar-refractivity contribution >= 4 is 29.0 Å². The number of amides is 1. The Bertz CT molecular complexity index is 351.